The Kier molecular flexibility index (Phi) is 7.22. The topological polar surface area (TPSA) is 113 Å². The van der Waals surface area contributed by atoms with Crippen molar-refractivity contribution in [1.29, 1.82) is 0 Å². The SMILES string of the molecule is CCOC(=O)C(C(c1ccc(OC)cc1)C(C(C)=O)C(C)=O)[N+](=O)[O-]. The Bertz CT molecular complexity index is 639. The predicted molar refractivity (Wildman–Crippen MR) is 88.0 cm³/mol. The summed E-state index contributed by atoms with van der Waals surface area (Å²) in [6.07, 6.45) is 0. The van der Waals surface area contributed by atoms with E-state index >= 15 is 0 Å². The van der Waals surface area contributed by atoms with Crippen molar-refractivity contribution < 1.29 is 28.8 Å². The van der Waals surface area contributed by atoms with Gasteiger partial charge in [0, 0.05) is 4.92 Å². The lowest BCUT2D eigenvalue weighted by molar-refractivity contribution is -0.515. The van der Waals surface area contributed by atoms with E-state index in [1.165, 1.54) is 40.0 Å². The molecule has 2 unspecified atom stereocenters. The summed E-state index contributed by atoms with van der Waals surface area (Å²) in [6.45, 7) is 3.81. The number of carbonyl (C=O) groups excluding carboxylic acids is 3. The fourth-order valence-corrected chi connectivity index (χ4v) is 2.77. The van der Waals surface area contributed by atoms with Crippen molar-refractivity contribution in [2.45, 2.75) is 32.7 Å². The molecule has 0 aliphatic rings. The number of ketones is 2. The first kappa shape index (κ1) is 20.3. The molecule has 0 spiro atoms. The Balaban J connectivity index is 3.52. The van der Waals surface area contributed by atoms with Gasteiger partial charge in [-0.3, -0.25) is 19.7 Å². The molecule has 0 aliphatic carbocycles. The number of hydrogen-bond acceptors (Lipinski definition) is 7. The van der Waals surface area contributed by atoms with Crippen LogP contribution in [0.25, 0.3) is 0 Å². The van der Waals surface area contributed by atoms with E-state index in [2.05, 4.69) is 0 Å². The van der Waals surface area contributed by atoms with Gasteiger partial charge in [-0.05, 0) is 38.5 Å². The first-order valence-corrected chi connectivity index (χ1v) is 7.69. The minimum atomic E-state index is -1.87. The summed E-state index contributed by atoms with van der Waals surface area (Å²) in [6, 6.07) is 4.21. The summed E-state index contributed by atoms with van der Waals surface area (Å²) >= 11 is 0. The maximum atomic E-state index is 12.2. The molecular formula is C17H21NO7. The zero-order chi connectivity index (χ0) is 19.1. The van der Waals surface area contributed by atoms with E-state index in [0.29, 0.717) is 11.3 Å². The third-order valence-electron chi connectivity index (χ3n) is 3.83. The zero-order valence-electron chi connectivity index (χ0n) is 14.6. The van der Waals surface area contributed by atoms with Gasteiger partial charge in [0.15, 0.2) is 0 Å². The van der Waals surface area contributed by atoms with Crippen LogP contribution in [-0.2, 0) is 19.1 Å². The quantitative estimate of drug-likeness (QED) is 0.288. The van der Waals surface area contributed by atoms with E-state index in [4.69, 9.17) is 9.47 Å². The molecule has 8 heteroatoms. The molecule has 0 heterocycles. The van der Waals surface area contributed by atoms with Crippen LogP contribution in [0.5, 0.6) is 5.75 Å². The maximum Gasteiger partial charge on any atom is 0.382 e. The summed E-state index contributed by atoms with van der Waals surface area (Å²) in [5.74, 6) is -4.28. The van der Waals surface area contributed by atoms with E-state index in [9.17, 15) is 24.5 Å². The van der Waals surface area contributed by atoms with Gasteiger partial charge in [0.05, 0.1) is 25.6 Å². The van der Waals surface area contributed by atoms with Crippen molar-refractivity contribution in [3.05, 3.63) is 39.9 Å². The maximum absolute atomic E-state index is 12.2. The van der Waals surface area contributed by atoms with Crippen LogP contribution in [0.2, 0.25) is 0 Å². The van der Waals surface area contributed by atoms with Gasteiger partial charge in [0.2, 0.25) is 0 Å². The van der Waals surface area contributed by atoms with Crippen molar-refractivity contribution in [2.75, 3.05) is 13.7 Å². The van der Waals surface area contributed by atoms with Gasteiger partial charge in [0.25, 0.3) is 0 Å². The van der Waals surface area contributed by atoms with Gasteiger partial charge < -0.3 is 9.47 Å². The molecule has 0 aliphatic heterocycles. The van der Waals surface area contributed by atoms with Gasteiger partial charge in [-0.15, -0.1) is 0 Å². The minimum Gasteiger partial charge on any atom is -0.497 e. The summed E-state index contributed by atoms with van der Waals surface area (Å²) in [4.78, 5) is 46.9. The van der Waals surface area contributed by atoms with Crippen molar-refractivity contribution >= 4 is 17.5 Å². The van der Waals surface area contributed by atoms with Crippen LogP contribution in [0.3, 0.4) is 0 Å². The number of nitrogens with zero attached hydrogens (tertiary/aromatic N) is 1. The number of carbonyl (C=O) groups is 3. The molecule has 2 atom stereocenters. The number of methoxy groups -OCH3 is 1. The Morgan fingerprint density at radius 1 is 1.12 bits per heavy atom. The highest BCUT2D eigenvalue weighted by Gasteiger charge is 2.48. The number of ether oxygens (including phenoxy) is 2. The summed E-state index contributed by atoms with van der Waals surface area (Å²) in [7, 11) is 1.46. The molecule has 1 rings (SSSR count). The van der Waals surface area contributed by atoms with Crippen molar-refractivity contribution in [2.24, 2.45) is 5.92 Å². The van der Waals surface area contributed by atoms with E-state index in [0.717, 1.165) is 0 Å². The lowest BCUT2D eigenvalue weighted by Crippen LogP contribution is -2.44. The largest absolute Gasteiger partial charge is 0.497 e. The monoisotopic (exact) mass is 351 g/mol. The van der Waals surface area contributed by atoms with E-state index in [1.807, 2.05) is 0 Å². The Hall–Kier alpha value is -2.77. The van der Waals surface area contributed by atoms with E-state index in [-0.39, 0.29) is 6.61 Å². The number of hydrogen-bond donors (Lipinski definition) is 0. The van der Waals surface area contributed by atoms with Crippen LogP contribution in [0, 0.1) is 16.0 Å². The molecule has 136 valence electrons. The van der Waals surface area contributed by atoms with Gasteiger partial charge in [-0.1, -0.05) is 12.1 Å². The molecule has 0 bridgehead atoms. The van der Waals surface area contributed by atoms with Gasteiger partial charge >= 0.3 is 12.0 Å². The third kappa shape index (κ3) is 4.85. The average molecular weight is 351 g/mol. The highest BCUT2D eigenvalue weighted by Crippen LogP contribution is 2.33. The molecule has 0 radical (unpaired) electrons. The van der Waals surface area contributed by atoms with Crippen molar-refractivity contribution in [3.63, 3.8) is 0 Å². The first-order chi connectivity index (χ1) is 11.7. The Morgan fingerprint density at radius 3 is 2.00 bits per heavy atom. The third-order valence-corrected chi connectivity index (χ3v) is 3.83. The van der Waals surface area contributed by atoms with Crippen LogP contribution in [-0.4, -0.2) is 42.2 Å². The second-order valence-corrected chi connectivity index (χ2v) is 5.48. The molecule has 0 N–H and O–H groups in total. The first-order valence-electron chi connectivity index (χ1n) is 7.69. The number of nitro groups is 1. The molecule has 0 saturated heterocycles. The van der Waals surface area contributed by atoms with Crippen LogP contribution in [0.4, 0.5) is 0 Å². The Morgan fingerprint density at radius 2 is 1.64 bits per heavy atom. The van der Waals surface area contributed by atoms with Crippen LogP contribution >= 0.6 is 0 Å². The number of benzene rings is 1. The normalized spacial score (nSPS) is 13.0. The Labute approximate surface area is 145 Å². The van der Waals surface area contributed by atoms with Crippen LogP contribution in [0.15, 0.2) is 24.3 Å². The molecule has 1 aromatic rings. The lowest BCUT2D eigenvalue weighted by Gasteiger charge is -2.25. The minimum absolute atomic E-state index is 0.0523. The smallest absolute Gasteiger partial charge is 0.382 e. The fraction of sp³-hybridized carbons (Fsp3) is 0.471. The van der Waals surface area contributed by atoms with Crippen LogP contribution < -0.4 is 4.74 Å². The summed E-state index contributed by atoms with van der Waals surface area (Å²) in [5.41, 5.74) is 0.311. The molecule has 0 fully saturated rings. The second kappa shape index (κ2) is 8.91. The average Bonchev–Trinajstić information content (AvgIpc) is 2.53. The van der Waals surface area contributed by atoms with Crippen molar-refractivity contribution in [1.82, 2.24) is 0 Å². The van der Waals surface area contributed by atoms with Crippen LogP contribution in [0.1, 0.15) is 32.3 Å². The molecule has 1 aromatic carbocycles. The van der Waals surface area contributed by atoms with Gasteiger partial charge in [-0.25, -0.2) is 4.79 Å². The number of esters is 1. The van der Waals surface area contributed by atoms with E-state index < -0.39 is 40.3 Å². The lowest BCUT2D eigenvalue weighted by atomic mass is 9.76. The zero-order valence-corrected chi connectivity index (χ0v) is 14.6. The van der Waals surface area contributed by atoms with Gasteiger partial charge in [0.1, 0.15) is 17.3 Å². The standard InChI is InChI=1S/C17H21NO7/c1-5-25-17(21)16(18(22)23)15(14(10(2)19)11(3)20)12-6-8-13(24-4)9-7-12/h6-9,14-16H,5H2,1-4H3. The van der Waals surface area contributed by atoms with Gasteiger partial charge in [-0.2, -0.15) is 0 Å². The molecule has 8 nitrogen and oxygen atoms in total. The molecule has 0 aromatic heterocycles. The molecular weight excluding hydrogens is 330 g/mol. The predicted octanol–water partition coefficient (Wildman–Crippen LogP) is 1.78. The molecule has 0 amide bonds. The second-order valence-electron chi connectivity index (χ2n) is 5.48. The number of rotatable bonds is 9. The van der Waals surface area contributed by atoms with Crippen molar-refractivity contribution in [3.8, 4) is 5.75 Å². The number of Topliss-reactive ketones (excluding diaryl/α,β-unsaturated/α-hetero) is 2. The summed E-state index contributed by atoms with van der Waals surface area (Å²) < 4.78 is 9.83. The highest BCUT2D eigenvalue weighted by molar-refractivity contribution is 6.02. The fourth-order valence-electron chi connectivity index (χ4n) is 2.77. The highest BCUT2D eigenvalue weighted by atomic mass is 16.6. The summed E-state index contributed by atoms with van der Waals surface area (Å²) in [5, 5.41) is 11.6. The molecule has 25 heavy (non-hydrogen) atoms. The van der Waals surface area contributed by atoms with E-state index in [1.54, 1.807) is 12.1 Å². The molecule has 0 saturated carbocycles.